The number of piperidine rings is 1. The van der Waals surface area contributed by atoms with Crippen LogP contribution in [0.2, 0.25) is 0 Å². The van der Waals surface area contributed by atoms with Crippen molar-refractivity contribution in [2.24, 2.45) is 5.92 Å². The molecular formula is C26H36N2O4. The van der Waals surface area contributed by atoms with Crippen molar-refractivity contribution in [3.63, 3.8) is 0 Å². The molecule has 3 aliphatic rings. The Balaban J connectivity index is 1.70. The summed E-state index contributed by atoms with van der Waals surface area (Å²) in [5.41, 5.74) is 1.79. The first-order valence-electron chi connectivity index (χ1n) is 12.2. The van der Waals surface area contributed by atoms with Gasteiger partial charge in [0.1, 0.15) is 11.4 Å². The standard InChI is InChI=1S/C26H36N2O4/c1-18(2)32-22-13-11-20(12-14-22)23-24(27-15-7-8-19(16-27)17-29)26(31)28(25(23)30)21-9-5-3-4-6-10-21/h11-14,18-19,21,29H,3-10,15-17H2,1-2H3. The van der Waals surface area contributed by atoms with Crippen LogP contribution < -0.4 is 4.74 Å². The zero-order valence-corrected chi connectivity index (χ0v) is 19.4. The summed E-state index contributed by atoms with van der Waals surface area (Å²) in [6.45, 7) is 5.41. The van der Waals surface area contributed by atoms with Gasteiger partial charge in [0.2, 0.25) is 0 Å². The molecule has 0 aromatic heterocycles. The van der Waals surface area contributed by atoms with Crippen molar-refractivity contribution < 1.29 is 19.4 Å². The molecule has 0 bridgehead atoms. The Morgan fingerprint density at radius 2 is 1.66 bits per heavy atom. The number of benzene rings is 1. The monoisotopic (exact) mass is 440 g/mol. The smallest absolute Gasteiger partial charge is 0.278 e. The van der Waals surface area contributed by atoms with Crippen LogP contribution in [-0.2, 0) is 9.59 Å². The van der Waals surface area contributed by atoms with E-state index in [4.69, 9.17) is 4.74 Å². The first kappa shape index (κ1) is 22.8. The quantitative estimate of drug-likeness (QED) is 0.535. The van der Waals surface area contributed by atoms with Crippen LogP contribution in [0.25, 0.3) is 5.57 Å². The van der Waals surface area contributed by atoms with E-state index in [0.29, 0.717) is 17.8 Å². The summed E-state index contributed by atoms with van der Waals surface area (Å²) in [5.74, 6) is 0.564. The van der Waals surface area contributed by atoms with Gasteiger partial charge in [0, 0.05) is 25.7 Å². The van der Waals surface area contributed by atoms with Gasteiger partial charge < -0.3 is 14.7 Å². The largest absolute Gasteiger partial charge is 0.491 e. The number of nitrogens with zero attached hydrogens (tertiary/aromatic N) is 2. The second-order valence-electron chi connectivity index (χ2n) is 9.68. The molecule has 2 amide bonds. The first-order chi connectivity index (χ1) is 15.5. The second-order valence-corrected chi connectivity index (χ2v) is 9.68. The van der Waals surface area contributed by atoms with Crippen LogP contribution in [0.3, 0.4) is 0 Å². The number of likely N-dealkylation sites (tertiary alicyclic amines) is 1. The summed E-state index contributed by atoms with van der Waals surface area (Å²) in [7, 11) is 0. The summed E-state index contributed by atoms with van der Waals surface area (Å²) < 4.78 is 5.77. The highest BCUT2D eigenvalue weighted by atomic mass is 16.5. The summed E-state index contributed by atoms with van der Waals surface area (Å²) in [5, 5.41) is 9.72. The summed E-state index contributed by atoms with van der Waals surface area (Å²) in [6, 6.07) is 7.51. The van der Waals surface area contributed by atoms with Crippen molar-refractivity contribution in [3.05, 3.63) is 35.5 Å². The fourth-order valence-corrected chi connectivity index (χ4v) is 5.33. The highest BCUT2D eigenvalue weighted by Gasteiger charge is 2.45. The topological polar surface area (TPSA) is 70.1 Å². The predicted molar refractivity (Wildman–Crippen MR) is 124 cm³/mol. The molecule has 6 nitrogen and oxygen atoms in total. The Kier molecular flexibility index (Phi) is 7.19. The Hall–Kier alpha value is -2.34. The first-order valence-corrected chi connectivity index (χ1v) is 12.2. The molecular weight excluding hydrogens is 404 g/mol. The van der Waals surface area contributed by atoms with Gasteiger partial charge in [0.15, 0.2) is 0 Å². The van der Waals surface area contributed by atoms with Gasteiger partial charge in [-0.3, -0.25) is 14.5 Å². The lowest BCUT2D eigenvalue weighted by Gasteiger charge is -2.34. The van der Waals surface area contributed by atoms with Crippen molar-refractivity contribution in [2.45, 2.75) is 77.4 Å². The molecule has 1 saturated heterocycles. The van der Waals surface area contributed by atoms with Crippen molar-refractivity contribution in [1.29, 1.82) is 0 Å². The van der Waals surface area contributed by atoms with Gasteiger partial charge in [-0.05, 0) is 63.1 Å². The predicted octanol–water partition coefficient (Wildman–Crippen LogP) is 3.98. The Labute approximate surface area is 191 Å². The fraction of sp³-hybridized carbons (Fsp3) is 0.615. The number of ether oxygens (including phenoxy) is 1. The number of aliphatic hydroxyl groups is 1. The molecule has 2 aliphatic heterocycles. The highest BCUT2D eigenvalue weighted by Crippen LogP contribution is 2.37. The molecule has 1 saturated carbocycles. The minimum atomic E-state index is -0.166. The van der Waals surface area contributed by atoms with E-state index in [2.05, 4.69) is 4.90 Å². The summed E-state index contributed by atoms with van der Waals surface area (Å²) in [6.07, 6.45) is 8.16. The van der Waals surface area contributed by atoms with Crippen LogP contribution in [0.1, 0.15) is 70.8 Å². The Morgan fingerprint density at radius 3 is 2.28 bits per heavy atom. The lowest BCUT2D eigenvalue weighted by atomic mass is 9.97. The SMILES string of the molecule is CC(C)Oc1ccc(C2=C(N3CCCC(CO)C3)C(=O)N(C3CCCCCC3)C2=O)cc1. The maximum absolute atomic E-state index is 13.7. The number of carbonyl (C=O) groups is 2. The van der Waals surface area contributed by atoms with E-state index in [1.54, 1.807) is 4.90 Å². The van der Waals surface area contributed by atoms with Crippen molar-refractivity contribution >= 4 is 17.4 Å². The summed E-state index contributed by atoms with van der Waals surface area (Å²) in [4.78, 5) is 31.1. The molecule has 2 fully saturated rings. The van der Waals surface area contributed by atoms with E-state index in [0.717, 1.165) is 56.4 Å². The molecule has 6 heteroatoms. The van der Waals surface area contributed by atoms with Crippen LogP contribution in [0.15, 0.2) is 30.0 Å². The Bertz CT molecular complexity index is 853. The number of aliphatic hydroxyl groups excluding tert-OH is 1. The van der Waals surface area contributed by atoms with Crippen LogP contribution in [-0.4, -0.2) is 58.6 Å². The lowest BCUT2D eigenvalue weighted by molar-refractivity contribution is -0.140. The molecule has 1 N–H and O–H groups in total. The van der Waals surface area contributed by atoms with Crippen molar-refractivity contribution in [2.75, 3.05) is 19.7 Å². The van der Waals surface area contributed by atoms with Gasteiger partial charge in [0.25, 0.3) is 11.8 Å². The van der Waals surface area contributed by atoms with Gasteiger partial charge in [-0.15, -0.1) is 0 Å². The van der Waals surface area contributed by atoms with Gasteiger partial charge >= 0.3 is 0 Å². The van der Waals surface area contributed by atoms with Crippen LogP contribution in [0, 0.1) is 5.92 Å². The molecule has 0 spiro atoms. The van der Waals surface area contributed by atoms with Crippen molar-refractivity contribution in [1.82, 2.24) is 9.80 Å². The lowest BCUT2D eigenvalue weighted by Crippen LogP contribution is -2.44. The van der Waals surface area contributed by atoms with Gasteiger partial charge in [0.05, 0.1) is 11.7 Å². The number of carbonyl (C=O) groups excluding carboxylic acids is 2. The van der Waals surface area contributed by atoms with E-state index in [9.17, 15) is 14.7 Å². The molecule has 1 unspecified atom stereocenters. The number of rotatable bonds is 6. The normalized spacial score (nSPS) is 23.3. The maximum Gasteiger partial charge on any atom is 0.278 e. The zero-order chi connectivity index (χ0) is 22.7. The van der Waals surface area contributed by atoms with E-state index < -0.39 is 0 Å². The molecule has 174 valence electrons. The second kappa shape index (κ2) is 10.1. The molecule has 32 heavy (non-hydrogen) atoms. The van der Waals surface area contributed by atoms with Gasteiger partial charge in [-0.25, -0.2) is 0 Å². The Morgan fingerprint density at radius 1 is 0.969 bits per heavy atom. The minimum Gasteiger partial charge on any atom is -0.491 e. The number of hydrogen-bond acceptors (Lipinski definition) is 5. The number of amides is 2. The van der Waals surface area contributed by atoms with Crippen molar-refractivity contribution in [3.8, 4) is 5.75 Å². The highest BCUT2D eigenvalue weighted by molar-refractivity contribution is 6.35. The van der Waals surface area contributed by atoms with Crippen LogP contribution in [0.5, 0.6) is 5.75 Å². The van der Waals surface area contributed by atoms with Crippen LogP contribution in [0.4, 0.5) is 0 Å². The molecule has 1 atom stereocenters. The molecule has 0 radical (unpaired) electrons. The van der Waals surface area contributed by atoms with E-state index >= 15 is 0 Å². The van der Waals surface area contributed by atoms with Gasteiger partial charge in [-0.1, -0.05) is 37.8 Å². The molecule has 1 aromatic carbocycles. The third-order valence-electron chi connectivity index (χ3n) is 6.89. The zero-order valence-electron chi connectivity index (χ0n) is 19.4. The molecule has 1 aromatic rings. The maximum atomic E-state index is 13.7. The fourth-order valence-electron chi connectivity index (χ4n) is 5.33. The van der Waals surface area contributed by atoms with Crippen LogP contribution >= 0.6 is 0 Å². The third-order valence-corrected chi connectivity index (χ3v) is 6.89. The van der Waals surface area contributed by atoms with E-state index in [-0.39, 0.29) is 36.5 Å². The average Bonchev–Trinajstić information content (AvgIpc) is 2.94. The third kappa shape index (κ3) is 4.70. The molecule has 2 heterocycles. The molecule has 1 aliphatic carbocycles. The number of hydrogen-bond donors (Lipinski definition) is 1. The molecule has 4 rings (SSSR count). The summed E-state index contributed by atoms with van der Waals surface area (Å²) >= 11 is 0. The van der Waals surface area contributed by atoms with Gasteiger partial charge in [-0.2, -0.15) is 0 Å². The van der Waals surface area contributed by atoms with E-state index in [1.165, 1.54) is 12.8 Å². The average molecular weight is 441 g/mol. The number of imide groups is 1. The minimum absolute atomic E-state index is 0.0213. The van der Waals surface area contributed by atoms with E-state index in [1.807, 2.05) is 38.1 Å².